The van der Waals surface area contributed by atoms with Crippen molar-refractivity contribution in [2.24, 2.45) is 0 Å². The minimum atomic E-state index is -1.30. The van der Waals surface area contributed by atoms with Crippen molar-refractivity contribution in [3.05, 3.63) is 42.0 Å². The Labute approximate surface area is 135 Å². The molecule has 0 heterocycles. The van der Waals surface area contributed by atoms with Crippen LogP contribution in [0.1, 0.15) is 32.3 Å². The molecule has 0 radical (unpaired) electrons. The number of carbonyl (C=O) groups excluding carboxylic acids is 1. The Morgan fingerprint density at radius 3 is 2.35 bits per heavy atom. The molecule has 0 saturated heterocycles. The van der Waals surface area contributed by atoms with E-state index in [1.807, 2.05) is 36.4 Å². The molecule has 1 atom stereocenters. The minimum absolute atomic E-state index is 0.315. The van der Waals surface area contributed by atoms with Gasteiger partial charge in [0, 0.05) is 0 Å². The van der Waals surface area contributed by atoms with Gasteiger partial charge in [0.2, 0.25) is 5.91 Å². The summed E-state index contributed by atoms with van der Waals surface area (Å²) in [5, 5.41) is 13.7. The molecule has 0 bridgehead atoms. The van der Waals surface area contributed by atoms with E-state index in [0.29, 0.717) is 0 Å². The van der Waals surface area contributed by atoms with Crippen LogP contribution in [-0.4, -0.2) is 29.6 Å². The molecule has 0 spiro atoms. The monoisotopic (exact) mass is 315 g/mol. The van der Waals surface area contributed by atoms with Crippen LogP contribution in [0.4, 0.5) is 0 Å². The molecule has 1 unspecified atom stereocenters. The van der Waals surface area contributed by atoms with Gasteiger partial charge >= 0.3 is 5.97 Å². The maximum atomic E-state index is 12.3. The third-order valence-electron chi connectivity index (χ3n) is 3.94. The quantitative estimate of drug-likeness (QED) is 0.889. The SMILES string of the molecule is COc1ccc2cc(C(C)C(=O)NC(C)(C)C(=O)O)ccc2c1. The van der Waals surface area contributed by atoms with Crippen molar-refractivity contribution in [2.45, 2.75) is 32.2 Å². The molecule has 0 aliphatic rings. The van der Waals surface area contributed by atoms with Gasteiger partial charge in [-0.25, -0.2) is 4.79 Å². The van der Waals surface area contributed by atoms with Gasteiger partial charge in [-0.3, -0.25) is 4.79 Å². The molecule has 2 rings (SSSR count). The zero-order chi connectivity index (χ0) is 17.2. The van der Waals surface area contributed by atoms with E-state index in [2.05, 4.69) is 5.32 Å². The molecule has 1 amide bonds. The second-order valence-corrected chi connectivity index (χ2v) is 6.11. The highest BCUT2D eigenvalue weighted by Crippen LogP contribution is 2.25. The maximum Gasteiger partial charge on any atom is 0.328 e. The van der Waals surface area contributed by atoms with Gasteiger partial charge in [0.1, 0.15) is 11.3 Å². The molecule has 2 N–H and O–H groups in total. The number of hydrogen-bond donors (Lipinski definition) is 2. The van der Waals surface area contributed by atoms with Gasteiger partial charge in [-0.05, 0) is 49.2 Å². The van der Waals surface area contributed by atoms with Crippen LogP contribution in [0.5, 0.6) is 5.75 Å². The number of aliphatic carboxylic acids is 1. The van der Waals surface area contributed by atoms with Crippen molar-refractivity contribution in [1.29, 1.82) is 0 Å². The number of carboxylic acids is 1. The number of methoxy groups -OCH3 is 1. The molecule has 0 aromatic heterocycles. The van der Waals surface area contributed by atoms with Crippen LogP contribution in [0, 0.1) is 0 Å². The largest absolute Gasteiger partial charge is 0.497 e. The molecular weight excluding hydrogens is 294 g/mol. The number of nitrogens with one attached hydrogen (secondary N) is 1. The molecule has 122 valence electrons. The van der Waals surface area contributed by atoms with E-state index in [4.69, 9.17) is 9.84 Å². The predicted octanol–water partition coefficient (Wildman–Crippen LogP) is 2.93. The Morgan fingerprint density at radius 2 is 1.74 bits per heavy atom. The summed E-state index contributed by atoms with van der Waals surface area (Å²) in [6.07, 6.45) is 0. The molecule has 0 saturated carbocycles. The Bertz CT molecular complexity index is 752. The first-order valence-electron chi connectivity index (χ1n) is 7.37. The van der Waals surface area contributed by atoms with Crippen molar-refractivity contribution < 1.29 is 19.4 Å². The lowest BCUT2D eigenvalue weighted by atomic mass is 9.95. The van der Waals surface area contributed by atoms with Crippen LogP contribution in [0.15, 0.2) is 36.4 Å². The standard InChI is InChI=1S/C18H21NO4/c1-11(16(20)19-18(2,3)17(21)22)12-5-6-14-10-15(23-4)8-7-13(14)9-12/h5-11H,1-4H3,(H,19,20)(H,21,22). The summed E-state index contributed by atoms with van der Waals surface area (Å²) in [4.78, 5) is 23.4. The van der Waals surface area contributed by atoms with E-state index in [1.54, 1.807) is 14.0 Å². The van der Waals surface area contributed by atoms with E-state index in [0.717, 1.165) is 22.1 Å². The first-order chi connectivity index (χ1) is 10.7. The Kier molecular flexibility index (Phi) is 4.59. The van der Waals surface area contributed by atoms with E-state index in [-0.39, 0.29) is 5.91 Å². The van der Waals surface area contributed by atoms with Crippen LogP contribution in [0.25, 0.3) is 10.8 Å². The number of benzene rings is 2. The zero-order valence-corrected chi connectivity index (χ0v) is 13.7. The van der Waals surface area contributed by atoms with Crippen molar-refractivity contribution in [3.63, 3.8) is 0 Å². The van der Waals surface area contributed by atoms with E-state index in [1.165, 1.54) is 13.8 Å². The zero-order valence-electron chi connectivity index (χ0n) is 13.7. The van der Waals surface area contributed by atoms with Crippen molar-refractivity contribution in [1.82, 2.24) is 5.32 Å². The summed E-state index contributed by atoms with van der Waals surface area (Å²) in [7, 11) is 1.62. The highest BCUT2D eigenvalue weighted by atomic mass is 16.5. The molecule has 5 heteroatoms. The van der Waals surface area contributed by atoms with Gasteiger partial charge in [-0.2, -0.15) is 0 Å². The number of amides is 1. The van der Waals surface area contributed by atoms with Crippen LogP contribution >= 0.6 is 0 Å². The average molecular weight is 315 g/mol. The smallest absolute Gasteiger partial charge is 0.328 e. The molecular formula is C18H21NO4. The first-order valence-corrected chi connectivity index (χ1v) is 7.37. The van der Waals surface area contributed by atoms with Crippen molar-refractivity contribution in [3.8, 4) is 5.75 Å². The fourth-order valence-corrected chi connectivity index (χ4v) is 2.26. The maximum absolute atomic E-state index is 12.3. The molecule has 0 fully saturated rings. The minimum Gasteiger partial charge on any atom is -0.497 e. The van der Waals surface area contributed by atoms with Gasteiger partial charge in [-0.1, -0.05) is 24.3 Å². The number of carboxylic acid groups (broad SMARTS) is 1. The van der Waals surface area contributed by atoms with Crippen LogP contribution in [0.3, 0.4) is 0 Å². The van der Waals surface area contributed by atoms with Gasteiger partial charge in [0.25, 0.3) is 0 Å². The molecule has 23 heavy (non-hydrogen) atoms. The van der Waals surface area contributed by atoms with E-state index in [9.17, 15) is 9.59 Å². The number of carbonyl (C=O) groups is 2. The Hall–Kier alpha value is -2.56. The van der Waals surface area contributed by atoms with Crippen molar-refractivity contribution >= 4 is 22.6 Å². The third kappa shape index (κ3) is 3.62. The number of ether oxygens (including phenoxy) is 1. The Morgan fingerprint density at radius 1 is 1.13 bits per heavy atom. The van der Waals surface area contributed by atoms with Crippen molar-refractivity contribution in [2.75, 3.05) is 7.11 Å². The average Bonchev–Trinajstić information content (AvgIpc) is 2.52. The van der Waals surface area contributed by atoms with Gasteiger partial charge in [0.15, 0.2) is 0 Å². The number of fused-ring (bicyclic) bond motifs is 1. The van der Waals surface area contributed by atoms with Gasteiger partial charge in [0.05, 0.1) is 13.0 Å². The Balaban J connectivity index is 2.25. The summed E-state index contributed by atoms with van der Waals surface area (Å²) < 4.78 is 5.20. The lowest BCUT2D eigenvalue weighted by Gasteiger charge is -2.23. The fourth-order valence-electron chi connectivity index (χ4n) is 2.26. The highest BCUT2D eigenvalue weighted by Gasteiger charge is 2.31. The molecule has 5 nitrogen and oxygen atoms in total. The normalized spacial score (nSPS) is 12.7. The van der Waals surface area contributed by atoms with E-state index >= 15 is 0 Å². The summed E-state index contributed by atoms with van der Waals surface area (Å²) in [6.45, 7) is 4.69. The molecule has 0 aliphatic carbocycles. The molecule has 2 aromatic carbocycles. The number of rotatable bonds is 5. The molecule has 0 aliphatic heterocycles. The lowest BCUT2D eigenvalue weighted by Crippen LogP contribution is -2.50. The van der Waals surface area contributed by atoms with Crippen LogP contribution in [-0.2, 0) is 9.59 Å². The summed E-state index contributed by atoms with van der Waals surface area (Å²) in [5.74, 6) is -1.05. The summed E-state index contributed by atoms with van der Waals surface area (Å²) in [6, 6.07) is 11.5. The summed E-state index contributed by atoms with van der Waals surface area (Å²) in [5.41, 5.74) is -0.461. The highest BCUT2D eigenvalue weighted by molar-refractivity contribution is 5.91. The second-order valence-electron chi connectivity index (χ2n) is 6.11. The topological polar surface area (TPSA) is 75.6 Å². The van der Waals surface area contributed by atoms with Gasteiger partial charge < -0.3 is 15.2 Å². The van der Waals surface area contributed by atoms with Crippen LogP contribution < -0.4 is 10.1 Å². The van der Waals surface area contributed by atoms with Crippen LogP contribution in [0.2, 0.25) is 0 Å². The predicted molar refractivity (Wildman–Crippen MR) is 88.8 cm³/mol. The van der Waals surface area contributed by atoms with Gasteiger partial charge in [-0.15, -0.1) is 0 Å². The lowest BCUT2D eigenvalue weighted by molar-refractivity contribution is -0.146. The summed E-state index contributed by atoms with van der Waals surface area (Å²) >= 11 is 0. The van der Waals surface area contributed by atoms with E-state index < -0.39 is 17.4 Å². The molecule has 2 aromatic rings. The third-order valence-corrected chi connectivity index (χ3v) is 3.94. The second kappa shape index (κ2) is 6.28. The number of hydrogen-bond acceptors (Lipinski definition) is 3. The first kappa shape index (κ1) is 16.8. The fraction of sp³-hybridized carbons (Fsp3) is 0.333.